The predicted octanol–water partition coefficient (Wildman–Crippen LogP) is 3.66. The first-order valence-corrected chi connectivity index (χ1v) is 6.71. The fourth-order valence-corrected chi connectivity index (χ4v) is 1.89. The van der Waals surface area contributed by atoms with Gasteiger partial charge in [0.2, 0.25) is 11.6 Å². The molecule has 126 valence electrons. The van der Waals surface area contributed by atoms with E-state index < -0.39 is 39.5 Å². The minimum Gasteiger partial charge on any atom is -0.494 e. The molecule has 0 spiro atoms. The van der Waals surface area contributed by atoms with Gasteiger partial charge in [-0.2, -0.15) is 4.39 Å². The van der Waals surface area contributed by atoms with Crippen molar-refractivity contribution in [2.75, 3.05) is 11.9 Å². The second-order valence-electron chi connectivity index (χ2n) is 4.55. The molecule has 0 aliphatic heterocycles. The third-order valence-electron chi connectivity index (χ3n) is 2.99. The van der Waals surface area contributed by atoms with E-state index in [0.29, 0.717) is 18.4 Å². The molecule has 6 nitrogen and oxygen atoms in total. The van der Waals surface area contributed by atoms with Crippen molar-refractivity contribution in [3.8, 4) is 5.75 Å². The lowest BCUT2D eigenvalue weighted by atomic mass is 10.1. The van der Waals surface area contributed by atoms with Gasteiger partial charge in [0, 0.05) is 11.8 Å². The SMILES string of the molecule is CCOc1ccc(NC(=O)c2cc([N+](=O)[O-])c(F)c(F)c2F)cc1. The highest BCUT2D eigenvalue weighted by Crippen LogP contribution is 2.26. The van der Waals surface area contributed by atoms with Crippen molar-refractivity contribution in [2.24, 2.45) is 0 Å². The number of halogens is 3. The zero-order valence-electron chi connectivity index (χ0n) is 12.3. The molecule has 24 heavy (non-hydrogen) atoms. The van der Waals surface area contributed by atoms with Crippen molar-refractivity contribution in [2.45, 2.75) is 6.92 Å². The van der Waals surface area contributed by atoms with Crippen molar-refractivity contribution in [1.82, 2.24) is 0 Å². The number of nitrogens with one attached hydrogen (secondary N) is 1. The Balaban J connectivity index is 2.31. The van der Waals surface area contributed by atoms with E-state index in [-0.39, 0.29) is 5.69 Å². The summed E-state index contributed by atoms with van der Waals surface area (Å²) in [5.74, 6) is -6.47. The number of ether oxygens (including phenoxy) is 1. The van der Waals surface area contributed by atoms with E-state index in [1.807, 2.05) is 0 Å². The Labute approximate surface area is 134 Å². The number of anilines is 1. The minimum atomic E-state index is -2.08. The molecule has 1 N–H and O–H groups in total. The molecule has 2 aromatic carbocycles. The Morgan fingerprint density at radius 1 is 1.17 bits per heavy atom. The smallest absolute Gasteiger partial charge is 0.308 e. The monoisotopic (exact) mass is 340 g/mol. The van der Waals surface area contributed by atoms with Gasteiger partial charge in [-0.1, -0.05) is 0 Å². The quantitative estimate of drug-likeness (QED) is 0.512. The van der Waals surface area contributed by atoms with Crippen LogP contribution in [0.5, 0.6) is 5.75 Å². The van der Waals surface area contributed by atoms with Crippen LogP contribution in [0.4, 0.5) is 24.5 Å². The van der Waals surface area contributed by atoms with Gasteiger partial charge in [0.05, 0.1) is 17.1 Å². The van der Waals surface area contributed by atoms with Gasteiger partial charge in [-0.15, -0.1) is 0 Å². The average Bonchev–Trinajstić information content (AvgIpc) is 2.54. The first-order chi connectivity index (χ1) is 11.3. The summed E-state index contributed by atoms with van der Waals surface area (Å²) >= 11 is 0. The van der Waals surface area contributed by atoms with Crippen molar-refractivity contribution in [3.63, 3.8) is 0 Å². The largest absolute Gasteiger partial charge is 0.494 e. The summed E-state index contributed by atoms with van der Waals surface area (Å²) in [6.07, 6.45) is 0. The van der Waals surface area contributed by atoms with Crippen LogP contribution in [0.2, 0.25) is 0 Å². The second-order valence-corrected chi connectivity index (χ2v) is 4.55. The number of carbonyl (C=O) groups is 1. The molecule has 0 aromatic heterocycles. The first-order valence-electron chi connectivity index (χ1n) is 6.71. The van der Waals surface area contributed by atoms with Crippen LogP contribution in [0, 0.1) is 27.6 Å². The Morgan fingerprint density at radius 3 is 2.33 bits per heavy atom. The first kappa shape index (κ1) is 17.3. The fraction of sp³-hybridized carbons (Fsp3) is 0.133. The van der Waals surface area contributed by atoms with Gasteiger partial charge in [0.15, 0.2) is 5.82 Å². The number of carbonyl (C=O) groups excluding carboxylic acids is 1. The Kier molecular flexibility index (Phi) is 5.02. The average molecular weight is 340 g/mol. The minimum absolute atomic E-state index is 0.218. The number of nitrogens with zero attached hydrogens (tertiary/aromatic N) is 1. The summed E-state index contributed by atoms with van der Waals surface area (Å²) in [6.45, 7) is 2.23. The highest BCUT2D eigenvalue weighted by Gasteiger charge is 2.28. The second kappa shape index (κ2) is 6.99. The molecule has 2 aromatic rings. The number of rotatable bonds is 5. The molecule has 2 rings (SSSR count). The van der Waals surface area contributed by atoms with Gasteiger partial charge >= 0.3 is 5.69 Å². The summed E-state index contributed by atoms with van der Waals surface area (Å²) < 4.78 is 45.6. The standard InChI is InChI=1S/C15H11F3N2O4/c1-2-24-9-5-3-8(4-6-9)19-15(21)10-7-11(20(22)23)13(17)14(18)12(10)16/h3-7H,2H2,1H3,(H,19,21). The summed E-state index contributed by atoms with van der Waals surface area (Å²) in [6, 6.07) is 6.29. The lowest BCUT2D eigenvalue weighted by molar-refractivity contribution is -0.387. The summed E-state index contributed by atoms with van der Waals surface area (Å²) in [7, 11) is 0. The third kappa shape index (κ3) is 3.45. The highest BCUT2D eigenvalue weighted by atomic mass is 19.2. The molecule has 0 bridgehead atoms. The molecule has 0 fully saturated rings. The summed E-state index contributed by atoms with van der Waals surface area (Å²) in [4.78, 5) is 21.4. The van der Waals surface area contributed by atoms with Crippen molar-refractivity contribution in [1.29, 1.82) is 0 Å². The molecule has 0 unspecified atom stereocenters. The van der Waals surface area contributed by atoms with Gasteiger partial charge in [-0.05, 0) is 31.2 Å². The normalized spacial score (nSPS) is 10.3. The van der Waals surface area contributed by atoms with Gasteiger partial charge in [-0.3, -0.25) is 14.9 Å². The maximum absolute atomic E-state index is 13.7. The molecular weight excluding hydrogens is 329 g/mol. The zero-order valence-corrected chi connectivity index (χ0v) is 12.3. The molecule has 9 heteroatoms. The number of nitro benzene ring substituents is 1. The van der Waals surface area contributed by atoms with Gasteiger partial charge < -0.3 is 10.1 Å². The van der Waals surface area contributed by atoms with Crippen LogP contribution in [-0.2, 0) is 0 Å². The van der Waals surface area contributed by atoms with Crippen LogP contribution in [0.25, 0.3) is 0 Å². The molecule has 0 atom stereocenters. The molecule has 0 saturated carbocycles. The van der Waals surface area contributed by atoms with Crippen molar-refractivity contribution in [3.05, 3.63) is 63.5 Å². The number of nitro groups is 1. The Morgan fingerprint density at radius 2 is 1.79 bits per heavy atom. The van der Waals surface area contributed by atoms with E-state index in [0.717, 1.165) is 0 Å². The van der Waals surface area contributed by atoms with E-state index in [2.05, 4.69) is 5.32 Å². The summed E-state index contributed by atoms with van der Waals surface area (Å²) in [5.41, 5.74) is -2.09. The van der Waals surface area contributed by atoms with E-state index in [1.165, 1.54) is 24.3 Å². The molecule has 0 aliphatic carbocycles. The number of benzene rings is 2. The molecule has 0 radical (unpaired) electrons. The molecule has 0 heterocycles. The number of hydrogen-bond donors (Lipinski definition) is 1. The van der Waals surface area contributed by atoms with E-state index >= 15 is 0 Å². The maximum Gasteiger partial charge on any atom is 0.308 e. The van der Waals surface area contributed by atoms with Gasteiger partial charge in [0.25, 0.3) is 5.91 Å². The van der Waals surface area contributed by atoms with Gasteiger partial charge in [0.1, 0.15) is 5.75 Å². The highest BCUT2D eigenvalue weighted by molar-refractivity contribution is 6.04. The van der Waals surface area contributed by atoms with Crippen LogP contribution in [0.15, 0.2) is 30.3 Å². The van der Waals surface area contributed by atoms with Crippen LogP contribution in [0.3, 0.4) is 0 Å². The van der Waals surface area contributed by atoms with Crippen molar-refractivity contribution >= 4 is 17.3 Å². The van der Waals surface area contributed by atoms with Crippen molar-refractivity contribution < 1.29 is 27.6 Å². The molecular formula is C15H11F3N2O4. The fourth-order valence-electron chi connectivity index (χ4n) is 1.89. The van der Waals surface area contributed by atoms with E-state index in [1.54, 1.807) is 6.92 Å². The molecule has 0 saturated heterocycles. The lowest BCUT2D eigenvalue weighted by Crippen LogP contribution is -2.16. The third-order valence-corrected chi connectivity index (χ3v) is 2.99. The Hall–Kier alpha value is -3.10. The van der Waals surface area contributed by atoms with E-state index in [4.69, 9.17) is 4.74 Å². The number of amides is 1. The van der Waals surface area contributed by atoms with E-state index in [9.17, 15) is 28.1 Å². The predicted molar refractivity (Wildman–Crippen MR) is 78.5 cm³/mol. The molecule has 1 amide bonds. The van der Waals surface area contributed by atoms with Crippen LogP contribution < -0.4 is 10.1 Å². The zero-order chi connectivity index (χ0) is 17.9. The van der Waals surface area contributed by atoms with Crippen LogP contribution >= 0.6 is 0 Å². The molecule has 0 aliphatic rings. The lowest BCUT2D eigenvalue weighted by Gasteiger charge is -2.08. The van der Waals surface area contributed by atoms with Crippen LogP contribution in [-0.4, -0.2) is 17.4 Å². The maximum atomic E-state index is 13.7. The topological polar surface area (TPSA) is 81.5 Å². The van der Waals surface area contributed by atoms with Crippen LogP contribution in [0.1, 0.15) is 17.3 Å². The summed E-state index contributed by atoms with van der Waals surface area (Å²) in [5, 5.41) is 12.9. The van der Waals surface area contributed by atoms with Gasteiger partial charge in [-0.25, -0.2) is 8.78 Å². The number of hydrogen-bond acceptors (Lipinski definition) is 4. The Bertz CT molecular complexity index is 794.